The molecule has 0 saturated carbocycles. The van der Waals surface area contributed by atoms with Crippen LogP contribution in [0.25, 0.3) is 0 Å². The lowest BCUT2D eigenvalue weighted by atomic mass is 10.2. The molecule has 0 amide bonds. The van der Waals surface area contributed by atoms with E-state index in [1.54, 1.807) is 6.20 Å². The maximum absolute atomic E-state index is 11.2. The third-order valence-corrected chi connectivity index (χ3v) is 3.35. The summed E-state index contributed by atoms with van der Waals surface area (Å²) in [4.78, 5) is 22.4. The van der Waals surface area contributed by atoms with Gasteiger partial charge in [0.15, 0.2) is 5.16 Å². The first-order chi connectivity index (χ1) is 9.15. The van der Waals surface area contributed by atoms with E-state index in [2.05, 4.69) is 34.1 Å². The van der Waals surface area contributed by atoms with E-state index in [-0.39, 0.29) is 5.56 Å². The molecule has 0 radical (unpaired) electrons. The lowest BCUT2D eigenvalue weighted by molar-refractivity contribution is 0.582. The van der Waals surface area contributed by atoms with Crippen LogP contribution in [0.5, 0.6) is 0 Å². The zero-order valence-electron chi connectivity index (χ0n) is 10.9. The average molecular weight is 276 g/mol. The van der Waals surface area contributed by atoms with E-state index < -0.39 is 0 Å². The summed E-state index contributed by atoms with van der Waals surface area (Å²) >= 11 is 1.36. The Bertz CT molecular complexity index is 597. The van der Waals surface area contributed by atoms with Crippen molar-refractivity contribution in [3.63, 3.8) is 0 Å². The Balaban J connectivity index is 2.17. The van der Waals surface area contributed by atoms with Gasteiger partial charge in [0, 0.05) is 31.0 Å². The number of pyridine rings is 1. The van der Waals surface area contributed by atoms with E-state index in [0.717, 1.165) is 17.1 Å². The number of hydrogen-bond acceptors (Lipinski definition) is 5. The van der Waals surface area contributed by atoms with Crippen molar-refractivity contribution in [3.05, 3.63) is 46.5 Å². The van der Waals surface area contributed by atoms with Gasteiger partial charge in [0.2, 0.25) is 0 Å². The van der Waals surface area contributed by atoms with Gasteiger partial charge in [-0.15, -0.1) is 0 Å². The first-order valence-corrected chi connectivity index (χ1v) is 6.87. The van der Waals surface area contributed by atoms with Gasteiger partial charge in [-0.3, -0.25) is 4.79 Å². The molecule has 2 aromatic heterocycles. The number of H-pyrrole nitrogens is 1. The van der Waals surface area contributed by atoms with Gasteiger partial charge >= 0.3 is 0 Å². The normalized spacial score (nSPS) is 10.9. The molecule has 0 spiro atoms. The third kappa shape index (κ3) is 4.18. The van der Waals surface area contributed by atoms with Crippen molar-refractivity contribution >= 4 is 11.8 Å². The van der Waals surface area contributed by atoms with E-state index in [0.29, 0.717) is 11.2 Å². The van der Waals surface area contributed by atoms with Crippen LogP contribution in [0.15, 0.2) is 45.6 Å². The monoisotopic (exact) mass is 276 g/mol. The van der Waals surface area contributed by atoms with Crippen LogP contribution in [0.2, 0.25) is 0 Å². The fourth-order valence-electron chi connectivity index (χ4n) is 1.46. The minimum absolute atomic E-state index is 0.157. The smallest absolute Gasteiger partial charge is 0.251 e. The maximum atomic E-state index is 11.2. The molecular formula is C13H16N4OS. The van der Waals surface area contributed by atoms with E-state index >= 15 is 0 Å². The first-order valence-electron chi connectivity index (χ1n) is 6.05. The zero-order valence-corrected chi connectivity index (χ0v) is 11.7. The van der Waals surface area contributed by atoms with Crippen molar-refractivity contribution in [1.82, 2.24) is 20.3 Å². The third-order valence-electron chi connectivity index (χ3n) is 2.39. The largest absolute Gasteiger partial charge is 0.310 e. The maximum Gasteiger partial charge on any atom is 0.251 e. The first kappa shape index (κ1) is 13.8. The number of rotatable bonds is 5. The van der Waals surface area contributed by atoms with Gasteiger partial charge in [0.1, 0.15) is 5.03 Å². The highest BCUT2D eigenvalue weighted by Gasteiger charge is 2.07. The minimum atomic E-state index is -0.157. The van der Waals surface area contributed by atoms with Crippen molar-refractivity contribution in [3.8, 4) is 0 Å². The molecule has 6 heteroatoms. The SMILES string of the molecule is CC(C)NCc1cccnc1Sc1nccc(=O)[nH]1. The van der Waals surface area contributed by atoms with Crippen LogP contribution >= 0.6 is 11.8 Å². The second kappa shape index (κ2) is 6.49. The molecule has 100 valence electrons. The Labute approximate surface area is 115 Å². The molecule has 0 aromatic carbocycles. The van der Waals surface area contributed by atoms with Crippen molar-refractivity contribution in [2.45, 2.75) is 36.6 Å². The number of nitrogens with zero attached hydrogens (tertiary/aromatic N) is 2. The summed E-state index contributed by atoms with van der Waals surface area (Å²) in [5.41, 5.74) is 0.933. The molecule has 0 aliphatic heterocycles. The molecule has 0 unspecified atom stereocenters. The van der Waals surface area contributed by atoms with Crippen LogP contribution in [0.4, 0.5) is 0 Å². The van der Waals surface area contributed by atoms with Gasteiger partial charge in [-0.2, -0.15) is 0 Å². The number of aromatic amines is 1. The zero-order chi connectivity index (χ0) is 13.7. The molecular weight excluding hydrogens is 260 g/mol. The van der Waals surface area contributed by atoms with Crippen LogP contribution < -0.4 is 10.9 Å². The summed E-state index contributed by atoms with van der Waals surface area (Å²) in [6.45, 7) is 4.93. The molecule has 19 heavy (non-hydrogen) atoms. The summed E-state index contributed by atoms with van der Waals surface area (Å²) in [5.74, 6) is 0. The highest BCUT2D eigenvalue weighted by molar-refractivity contribution is 7.99. The van der Waals surface area contributed by atoms with Crippen molar-refractivity contribution in [1.29, 1.82) is 0 Å². The number of hydrogen-bond donors (Lipinski definition) is 2. The second-order valence-electron chi connectivity index (χ2n) is 4.34. The van der Waals surface area contributed by atoms with E-state index in [1.165, 1.54) is 24.0 Å². The lowest BCUT2D eigenvalue weighted by Crippen LogP contribution is -2.22. The summed E-state index contributed by atoms with van der Waals surface area (Å²) < 4.78 is 0. The van der Waals surface area contributed by atoms with Gasteiger partial charge < -0.3 is 10.3 Å². The highest BCUT2D eigenvalue weighted by Crippen LogP contribution is 2.24. The molecule has 5 nitrogen and oxygen atoms in total. The summed E-state index contributed by atoms with van der Waals surface area (Å²) in [6, 6.07) is 5.73. The molecule has 0 bridgehead atoms. The van der Waals surface area contributed by atoms with E-state index in [4.69, 9.17) is 0 Å². The summed E-state index contributed by atoms with van der Waals surface area (Å²) in [7, 11) is 0. The molecule has 0 atom stereocenters. The van der Waals surface area contributed by atoms with Gasteiger partial charge in [-0.1, -0.05) is 19.9 Å². The van der Waals surface area contributed by atoms with E-state index in [1.807, 2.05) is 12.1 Å². The minimum Gasteiger partial charge on any atom is -0.310 e. The van der Waals surface area contributed by atoms with Gasteiger partial charge in [0.05, 0.1) is 0 Å². The van der Waals surface area contributed by atoms with Gasteiger partial charge in [0.25, 0.3) is 5.56 Å². The van der Waals surface area contributed by atoms with Crippen LogP contribution in [0.3, 0.4) is 0 Å². The molecule has 0 saturated heterocycles. The summed E-state index contributed by atoms with van der Waals surface area (Å²) in [6.07, 6.45) is 3.23. The molecule has 0 fully saturated rings. The molecule has 0 aliphatic carbocycles. The molecule has 2 aromatic rings. The Morgan fingerprint density at radius 1 is 1.32 bits per heavy atom. The Kier molecular flexibility index (Phi) is 4.70. The second-order valence-corrected chi connectivity index (χ2v) is 5.32. The van der Waals surface area contributed by atoms with E-state index in [9.17, 15) is 4.79 Å². The van der Waals surface area contributed by atoms with Crippen LogP contribution in [0, 0.1) is 0 Å². The average Bonchev–Trinajstić information content (AvgIpc) is 2.38. The highest BCUT2D eigenvalue weighted by atomic mass is 32.2. The van der Waals surface area contributed by atoms with Crippen LogP contribution in [0.1, 0.15) is 19.4 Å². The van der Waals surface area contributed by atoms with Crippen LogP contribution in [-0.2, 0) is 6.54 Å². The van der Waals surface area contributed by atoms with Crippen LogP contribution in [-0.4, -0.2) is 21.0 Å². The van der Waals surface area contributed by atoms with Gasteiger partial charge in [-0.05, 0) is 23.4 Å². The quantitative estimate of drug-likeness (QED) is 0.815. The Morgan fingerprint density at radius 2 is 2.16 bits per heavy atom. The van der Waals surface area contributed by atoms with Gasteiger partial charge in [-0.25, -0.2) is 9.97 Å². The predicted octanol–water partition coefficient (Wildman–Crippen LogP) is 1.81. The van der Waals surface area contributed by atoms with Crippen molar-refractivity contribution < 1.29 is 0 Å². The molecule has 0 aliphatic rings. The number of aromatic nitrogens is 3. The molecule has 2 N–H and O–H groups in total. The lowest BCUT2D eigenvalue weighted by Gasteiger charge is -2.10. The number of nitrogens with one attached hydrogen (secondary N) is 2. The Hall–Kier alpha value is -1.66. The topological polar surface area (TPSA) is 70.7 Å². The molecule has 2 heterocycles. The fraction of sp³-hybridized carbons (Fsp3) is 0.308. The van der Waals surface area contributed by atoms with Crippen molar-refractivity contribution in [2.75, 3.05) is 0 Å². The predicted molar refractivity (Wildman–Crippen MR) is 75.2 cm³/mol. The standard InChI is InChI=1S/C13H16N4OS/c1-9(2)16-8-10-4-3-6-14-12(10)19-13-15-7-5-11(18)17-13/h3-7,9,16H,8H2,1-2H3,(H,15,17,18). The fourth-order valence-corrected chi connectivity index (χ4v) is 2.29. The molecule has 2 rings (SSSR count). The van der Waals surface area contributed by atoms with Crippen molar-refractivity contribution in [2.24, 2.45) is 0 Å². The summed E-state index contributed by atoms with van der Waals surface area (Å²) in [5, 5.41) is 4.76. The Morgan fingerprint density at radius 3 is 2.89 bits per heavy atom.